The van der Waals surface area contributed by atoms with Gasteiger partial charge in [-0.15, -0.1) is 0 Å². The first kappa shape index (κ1) is 17.2. The van der Waals surface area contributed by atoms with Gasteiger partial charge in [-0.1, -0.05) is 54.6 Å². The Morgan fingerprint density at radius 1 is 0.885 bits per heavy atom. The topological polar surface area (TPSA) is 24.6 Å². The van der Waals surface area contributed by atoms with E-state index in [9.17, 15) is 0 Å². The maximum Gasteiger partial charge on any atom is 0.270 e. The minimum atomic E-state index is 0.555. The van der Waals surface area contributed by atoms with E-state index in [1.165, 1.54) is 5.56 Å². The van der Waals surface area contributed by atoms with E-state index in [-0.39, 0.29) is 0 Å². The lowest BCUT2D eigenvalue weighted by molar-refractivity contribution is 0.115. The fourth-order valence-electron chi connectivity index (χ4n) is 3.36. The van der Waals surface area contributed by atoms with E-state index in [1.54, 1.807) is 0 Å². The maximum atomic E-state index is 5.69. The first-order valence-corrected chi connectivity index (χ1v) is 9.45. The summed E-state index contributed by atoms with van der Waals surface area (Å²) in [4.78, 5) is 5.48. The van der Waals surface area contributed by atoms with Gasteiger partial charge in [-0.3, -0.25) is 14.4 Å². The van der Waals surface area contributed by atoms with Crippen molar-refractivity contribution in [1.29, 1.82) is 0 Å². The molecular weight excluding hydrogens is 342 g/mol. The zero-order chi connectivity index (χ0) is 17.8. The average Bonchev–Trinajstić information content (AvgIpc) is 2.99. The summed E-state index contributed by atoms with van der Waals surface area (Å²) in [7, 11) is 0. The number of para-hydroxylation sites is 2. The minimum Gasteiger partial charge on any atom is -0.429 e. The van der Waals surface area contributed by atoms with Gasteiger partial charge in [0.2, 0.25) is 0 Å². The molecule has 0 bridgehead atoms. The molecule has 0 N–H and O–H groups in total. The number of nitrogens with zero attached hydrogens (tertiary/aromatic N) is 3. The van der Waals surface area contributed by atoms with E-state index < -0.39 is 0 Å². The summed E-state index contributed by atoms with van der Waals surface area (Å²) in [5, 5.41) is 0. The van der Waals surface area contributed by atoms with Gasteiger partial charge in [0.15, 0.2) is 5.58 Å². The van der Waals surface area contributed by atoms with Gasteiger partial charge in [0.1, 0.15) is 0 Å². The molecule has 1 aliphatic rings. The highest BCUT2D eigenvalue weighted by Gasteiger charge is 2.17. The minimum absolute atomic E-state index is 0.555. The van der Waals surface area contributed by atoms with Gasteiger partial charge in [-0.25, -0.2) is 0 Å². The summed E-state index contributed by atoms with van der Waals surface area (Å²) in [5.74, 6) is 0. The van der Waals surface area contributed by atoms with Crippen molar-refractivity contribution in [2.45, 2.75) is 6.67 Å². The number of rotatable bonds is 5. The van der Waals surface area contributed by atoms with Gasteiger partial charge in [0.05, 0.1) is 12.2 Å². The number of piperazine rings is 1. The molecule has 0 spiro atoms. The van der Waals surface area contributed by atoms with Crippen molar-refractivity contribution in [3.05, 3.63) is 71.1 Å². The Balaban J connectivity index is 1.32. The summed E-state index contributed by atoms with van der Waals surface area (Å²) in [5.41, 5.74) is 3.19. The van der Waals surface area contributed by atoms with Crippen LogP contribution >= 0.6 is 12.2 Å². The molecule has 0 atom stereocenters. The van der Waals surface area contributed by atoms with Crippen LogP contribution in [0, 0.1) is 4.84 Å². The molecule has 3 aromatic rings. The lowest BCUT2D eigenvalue weighted by atomic mass is 10.2. The van der Waals surface area contributed by atoms with Crippen molar-refractivity contribution < 1.29 is 4.42 Å². The largest absolute Gasteiger partial charge is 0.429 e. The van der Waals surface area contributed by atoms with Crippen LogP contribution in [0.4, 0.5) is 0 Å². The standard InChI is InChI=1S/C21H23N3OS/c26-21-24(19-10-4-5-11-20(19)25-21)17-23-15-13-22(14-16-23)12-6-9-18-7-2-1-3-8-18/h1-11H,12-17H2. The molecule has 4 nitrogen and oxygen atoms in total. The molecule has 0 amide bonds. The second kappa shape index (κ2) is 7.99. The van der Waals surface area contributed by atoms with Crippen molar-refractivity contribution >= 4 is 29.4 Å². The molecule has 2 aromatic carbocycles. The predicted molar refractivity (Wildman–Crippen MR) is 109 cm³/mol. The van der Waals surface area contributed by atoms with E-state index in [0.717, 1.165) is 50.5 Å². The van der Waals surface area contributed by atoms with Crippen molar-refractivity contribution in [3.8, 4) is 0 Å². The first-order chi connectivity index (χ1) is 12.8. The molecule has 0 saturated carbocycles. The van der Waals surface area contributed by atoms with E-state index >= 15 is 0 Å². The van der Waals surface area contributed by atoms with E-state index in [0.29, 0.717) is 4.84 Å². The number of hydrogen-bond acceptors (Lipinski definition) is 4. The molecule has 0 aliphatic carbocycles. The molecule has 1 saturated heterocycles. The zero-order valence-corrected chi connectivity index (χ0v) is 15.6. The van der Waals surface area contributed by atoms with Crippen LogP contribution in [0.25, 0.3) is 17.2 Å². The molecule has 0 radical (unpaired) electrons. The predicted octanol–water partition coefficient (Wildman–Crippen LogP) is 4.25. The van der Waals surface area contributed by atoms with Crippen LogP contribution in [0.15, 0.2) is 65.1 Å². The highest BCUT2D eigenvalue weighted by atomic mass is 32.1. The Morgan fingerprint density at radius 3 is 2.38 bits per heavy atom. The lowest BCUT2D eigenvalue weighted by Crippen LogP contribution is -2.46. The van der Waals surface area contributed by atoms with Crippen LogP contribution in [0.5, 0.6) is 0 Å². The lowest BCUT2D eigenvalue weighted by Gasteiger charge is -2.34. The van der Waals surface area contributed by atoms with Crippen molar-refractivity contribution in [1.82, 2.24) is 14.4 Å². The summed E-state index contributed by atoms with van der Waals surface area (Å²) < 4.78 is 7.78. The van der Waals surface area contributed by atoms with Gasteiger partial charge < -0.3 is 4.42 Å². The van der Waals surface area contributed by atoms with Crippen LogP contribution < -0.4 is 0 Å². The molecule has 26 heavy (non-hydrogen) atoms. The van der Waals surface area contributed by atoms with Crippen molar-refractivity contribution in [2.24, 2.45) is 0 Å². The maximum absolute atomic E-state index is 5.69. The molecular formula is C21H23N3OS. The number of hydrogen-bond donors (Lipinski definition) is 0. The summed E-state index contributed by atoms with van der Waals surface area (Å²) in [6.45, 7) is 6.02. The zero-order valence-electron chi connectivity index (χ0n) is 14.8. The summed E-state index contributed by atoms with van der Waals surface area (Å²) in [6, 6.07) is 18.5. The molecule has 134 valence electrons. The molecule has 4 rings (SSSR count). The quantitative estimate of drug-likeness (QED) is 0.631. The Labute approximate surface area is 158 Å². The molecule has 0 unspecified atom stereocenters. The molecule has 5 heteroatoms. The van der Waals surface area contributed by atoms with Crippen LogP contribution in [0.3, 0.4) is 0 Å². The highest BCUT2D eigenvalue weighted by Crippen LogP contribution is 2.18. The van der Waals surface area contributed by atoms with Crippen LogP contribution in [-0.4, -0.2) is 47.1 Å². The Hall–Kier alpha value is -2.21. The van der Waals surface area contributed by atoms with Gasteiger partial charge in [0.25, 0.3) is 4.84 Å². The Kier molecular flexibility index (Phi) is 5.29. The van der Waals surface area contributed by atoms with Gasteiger partial charge in [-0.2, -0.15) is 0 Å². The first-order valence-electron chi connectivity index (χ1n) is 9.04. The third-order valence-electron chi connectivity index (χ3n) is 4.85. The summed E-state index contributed by atoms with van der Waals surface area (Å²) >= 11 is 5.40. The number of oxazole rings is 1. The molecule has 2 heterocycles. The molecule has 1 aliphatic heterocycles. The number of fused-ring (bicyclic) bond motifs is 1. The number of aromatic nitrogens is 1. The highest BCUT2D eigenvalue weighted by molar-refractivity contribution is 7.71. The van der Waals surface area contributed by atoms with E-state index in [4.69, 9.17) is 16.6 Å². The third kappa shape index (κ3) is 3.96. The molecule has 1 fully saturated rings. The Morgan fingerprint density at radius 2 is 1.58 bits per heavy atom. The molecule has 1 aromatic heterocycles. The van der Waals surface area contributed by atoms with Crippen LogP contribution in [0.2, 0.25) is 0 Å². The fraction of sp³-hybridized carbons (Fsp3) is 0.286. The van der Waals surface area contributed by atoms with E-state index in [1.807, 2.05) is 24.3 Å². The fourth-order valence-corrected chi connectivity index (χ4v) is 3.61. The monoisotopic (exact) mass is 365 g/mol. The van der Waals surface area contributed by atoms with Crippen molar-refractivity contribution in [3.63, 3.8) is 0 Å². The Bertz CT molecular complexity index is 937. The van der Waals surface area contributed by atoms with Gasteiger partial charge in [-0.05, 0) is 29.9 Å². The van der Waals surface area contributed by atoms with Gasteiger partial charge in [0, 0.05) is 32.7 Å². The van der Waals surface area contributed by atoms with Crippen molar-refractivity contribution in [2.75, 3.05) is 32.7 Å². The van der Waals surface area contributed by atoms with Crippen LogP contribution in [0.1, 0.15) is 5.56 Å². The second-order valence-electron chi connectivity index (χ2n) is 6.64. The summed E-state index contributed by atoms with van der Waals surface area (Å²) in [6.07, 6.45) is 4.45. The van der Waals surface area contributed by atoms with Crippen LogP contribution in [-0.2, 0) is 6.67 Å². The van der Waals surface area contributed by atoms with Gasteiger partial charge >= 0.3 is 0 Å². The van der Waals surface area contributed by atoms with E-state index in [2.05, 4.69) is 56.9 Å². The second-order valence-corrected chi connectivity index (χ2v) is 6.99. The average molecular weight is 366 g/mol. The smallest absolute Gasteiger partial charge is 0.270 e. The normalized spacial score (nSPS) is 16.6. The third-order valence-corrected chi connectivity index (χ3v) is 5.16. The SMILES string of the molecule is S=c1oc2ccccc2n1CN1CCN(CC=Cc2ccccc2)CC1. The number of benzene rings is 2.